The van der Waals surface area contributed by atoms with Crippen LogP contribution in [0.15, 0.2) is 66.1 Å². The Morgan fingerprint density at radius 3 is 2.57 bits per heavy atom. The van der Waals surface area contributed by atoms with E-state index in [1.54, 1.807) is 37.8 Å². The van der Waals surface area contributed by atoms with Gasteiger partial charge >= 0.3 is 6.09 Å². The molecule has 1 atom stereocenters. The Bertz CT molecular complexity index is 1220. The van der Waals surface area contributed by atoms with Crippen LogP contribution in [0.4, 0.5) is 10.5 Å². The lowest BCUT2D eigenvalue weighted by Crippen LogP contribution is -2.40. The van der Waals surface area contributed by atoms with Crippen LogP contribution in [0.25, 0.3) is 0 Å². The second kappa shape index (κ2) is 12.3. The number of sulfonamides is 1. The normalized spacial score (nSPS) is 12.2. The maximum atomic E-state index is 13.6. The van der Waals surface area contributed by atoms with E-state index >= 15 is 0 Å². The number of aliphatic hydroxyl groups is 1. The van der Waals surface area contributed by atoms with Gasteiger partial charge in [0, 0.05) is 53.6 Å². The van der Waals surface area contributed by atoms with E-state index in [0.717, 1.165) is 0 Å². The van der Waals surface area contributed by atoms with Gasteiger partial charge in [-0.3, -0.25) is 4.31 Å². The number of alkyl carbamates (subject to hydrolysis) is 1. The van der Waals surface area contributed by atoms with Gasteiger partial charge in [-0.05, 0) is 43.3 Å². The fraction of sp³-hybridized carbons (Fsp3) is 0.304. The molecule has 0 saturated heterocycles. The zero-order chi connectivity index (χ0) is 25.4. The van der Waals surface area contributed by atoms with Crippen molar-refractivity contribution in [3.05, 3.63) is 76.8 Å². The van der Waals surface area contributed by atoms with Crippen LogP contribution in [0.5, 0.6) is 0 Å². The van der Waals surface area contributed by atoms with Crippen molar-refractivity contribution in [2.75, 3.05) is 17.5 Å². The Balaban J connectivity index is 1.74. The summed E-state index contributed by atoms with van der Waals surface area (Å²) in [5.41, 5.74) is 0.629. The Hall–Kier alpha value is -2.79. The molecule has 188 valence electrons. The molecule has 0 bridgehead atoms. The van der Waals surface area contributed by atoms with Crippen molar-refractivity contribution >= 4 is 45.0 Å². The average Bonchev–Trinajstić information content (AvgIpc) is 3.33. The number of ether oxygens (including phenoxy) is 1. The maximum absolute atomic E-state index is 13.6. The third kappa shape index (κ3) is 7.11. The highest BCUT2D eigenvalue weighted by molar-refractivity contribution is 7.92. The summed E-state index contributed by atoms with van der Waals surface area (Å²) in [7, 11) is -4.07. The fourth-order valence-electron chi connectivity index (χ4n) is 3.40. The minimum Gasteiger partial charge on any atom is -0.449 e. The molecule has 3 aromatic rings. The number of benzene rings is 2. The Morgan fingerprint density at radius 1 is 1.20 bits per heavy atom. The Morgan fingerprint density at radius 2 is 1.91 bits per heavy atom. The minimum atomic E-state index is -4.07. The second-order valence-electron chi connectivity index (χ2n) is 7.69. The van der Waals surface area contributed by atoms with Crippen LogP contribution in [0.2, 0.25) is 10.0 Å². The lowest BCUT2D eigenvalue weighted by molar-refractivity contribution is 0.143. The summed E-state index contributed by atoms with van der Waals surface area (Å²) >= 11 is 12.1. The van der Waals surface area contributed by atoms with E-state index in [4.69, 9.17) is 27.9 Å². The molecule has 0 fully saturated rings. The van der Waals surface area contributed by atoms with Crippen LogP contribution in [-0.4, -0.2) is 48.4 Å². The standard InChI is InChI=1S/C23H26Cl2N4O5S/c1-17(8-13-34-23(31)27-10-12-28-11-9-26-16-28)29(22-14-20(25)3-2-18(22)15-30)35(32,33)21-6-4-19(24)5-7-21/h2-7,9,11,14,16-17,30H,8,10,12-13,15H2,1H3,(H,27,31)/t17-/m0/s1. The molecule has 2 N–H and O–H groups in total. The van der Waals surface area contributed by atoms with Gasteiger partial charge in [0.1, 0.15) is 0 Å². The fourth-order valence-corrected chi connectivity index (χ4v) is 5.40. The predicted octanol–water partition coefficient (Wildman–Crippen LogP) is 4.08. The van der Waals surface area contributed by atoms with Crippen LogP contribution < -0.4 is 9.62 Å². The highest BCUT2D eigenvalue weighted by atomic mass is 35.5. The van der Waals surface area contributed by atoms with Crippen LogP contribution in [0.3, 0.4) is 0 Å². The lowest BCUT2D eigenvalue weighted by Gasteiger charge is -2.32. The molecule has 35 heavy (non-hydrogen) atoms. The molecular formula is C23H26Cl2N4O5S. The molecule has 3 rings (SSSR count). The SMILES string of the molecule is C[C@@H](CCOC(=O)NCCn1ccnc1)N(c1cc(Cl)ccc1CO)S(=O)(=O)c1ccc(Cl)cc1. The van der Waals surface area contributed by atoms with Crippen molar-refractivity contribution in [2.45, 2.75) is 37.4 Å². The van der Waals surface area contributed by atoms with Gasteiger partial charge in [-0.25, -0.2) is 18.2 Å². The summed E-state index contributed by atoms with van der Waals surface area (Å²) in [5, 5.41) is 13.2. The first-order chi connectivity index (χ1) is 16.7. The van der Waals surface area contributed by atoms with Gasteiger partial charge in [0.05, 0.1) is 30.1 Å². The minimum absolute atomic E-state index is 0.0239. The first-order valence-corrected chi connectivity index (χ1v) is 13.0. The molecule has 0 aliphatic heterocycles. The van der Waals surface area contributed by atoms with Crippen LogP contribution in [0.1, 0.15) is 18.9 Å². The van der Waals surface area contributed by atoms with Crippen molar-refractivity contribution in [1.29, 1.82) is 0 Å². The number of halogens is 2. The Labute approximate surface area is 214 Å². The second-order valence-corrected chi connectivity index (χ2v) is 10.4. The smallest absolute Gasteiger partial charge is 0.407 e. The van der Waals surface area contributed by atoms with E-state index in [-0.39, 0.29) is 30.2 Å². The molecular weight excluding hydrogens is 515 g/mol. The van der Waals surface area contributed by atoms with E-state index in [9.17, 15) is 18.3 Å². The first kappa shape index (κ1) is 26.8. The first-order valence-electron chi connectivity index (χ1n) is 10.8. The zero-order valence-corrected chi connectivity index (χ0v) is 21.3. The zero-order valence-electron chi connectivity index (χ0n) is 19.0. The summed E-state index contributed by atoms with van der Waals surface area (Å²) in [6, 6.07) is 9.78. The van der Waals surface area contributed by atoms with E-state index in [1.807, 2.05) is 4.57 Å². The van der Waals surface area contributed by atoms with Gasteiger partial charge in [-0.15, -0.1) is 0 Å². The van der Waals surface area contributed by atoms with Gasteiger partial charge in [-0.1, -0.05) is 29.3 Å². The third-order valence-corrected chi connectivity index (χ3v) is 7.62. The van der Waals surface area contributed by atoms with Crippen molar-refractivity contribution in [3.8, 4) is 0 Å². The number of carbonyl (C=O) groups excluding carboxylic acids is 1. The van der Waals surface area contributed by atoms with Crippen LogP contribution >= 0.6 is 23.2 Å². The number of hydrogen-bond acceptors (Lipinski definition) is 6. The van der Waals surface area contributed by atoms with E-state index in [2.05, 4.69) is 10.3 Å². The molecule has 2 aromatic carbocycles. The summed E-state index contributed by atoms with van der Waals surface area (Å²) in [6.45, 7) is 2.17. The molecule has 1 amide bonds. The number of amides is 1. The number of carbonyl (C=O) groups is 1. The highest BCUT2D eigenvalue weighted by Gasteiger charge is 2.31. The largest absolute Gasteiger partial charge is 0.449 e. The summed E-state index contributed by atoms with van der Waals surface area (Å²) in [4.78, 5) is 16.0. The summed E-state index contributed by atoms with van der Waals surface area (Å²) < 4.78 is 35.5. The number of aromatic nitrogens is 2. The number of imidazole rings is 1. The van der Waals surface area contributed by atoms with Gasteiger partial charge in [-0.2, -0.15) is 0 Å². The molecule has 1 heterocycles. The average molecular weight is 541 g/mol. The molecule has 0 unspecified atom stereocenters. The molecule has 0 aliphatic rings. The van der Waals surface area contributed by atoms with E-state index in [0.29, 0.717) is 28.7 Å². The van der Waals surface area contributed by atoms with Crippen molar-refractivity contribution < 1.29 is 23.1 Å². The Kier molecular flexibility index (Phi) is 9.39. The summed E-state index contributed by atoms with van der Waals surface area (Å²) in [5.74, 6) is 0. The molecule has 9 nitrogen and oxygen atoms in total. The van der Waals surface area contributed by atoms with Gasteiger partial charge in [0.25, 0.3) is 10.0 Å². The van der Waals surface area contributed by atoms with Crippen molar-refractivity contribution in [1.82, 2.24) is 14.9 Å². The van der Waals surface area contributed by atoms with Gasteiger partial charge < -0.3 is 19.7 Å². The number of hydrogen-bond donors (Lipinski definition) is 2. The topological polar surface area (TPSA) is 114 Å². The quantitative estimate of drug-likeness (QED) is 0.378. The summed E-state index contributed by atoms with van der Waals surface area (Å²) in [6.07, 6.45) is 4.65. The number of aliphatic hydroxyl groups excluding tert-OH is 1. The van der Waals surface area contributed by atoms with Crippen LogP contribution in [-0.2, 0) is 27.9 Å². The number of rotatable bonds is 11. The van der Waals surface area contributed by atoms with Crippen molar-refractivity contribution in [2.24, 2.45) is 0 Å². The molecule has 0 aliphatic carbocycles. The van der Waals surface area contributed by atoms with Gasteiger partial charge in [0.15, 0.2) is 0 Å². The molecule has 0 radical (unpaired) electrons. The molecule has 0 saturated carbocycles. The number of nitrogens with zero attached hydrogens (tertiary/aromatic N) is 3. The molecule has 12 heteroatoms. The predicted molar refractivity (Wildman–Crippen MR) is 134 cm³/mol. The number of anilines is 1. The maximum Gasteiger partial charge on any atom is 0.407 e. The number of nitrogens with one attached hydrogen (secondary N) is 1. The molecule has 1 aromatic heterocycles. The molecule has 0 spiro atoms. The van der Waals surface area contributed by atoms with Crippen molar-refractivity contribution in [3.63, 3.8) is 0 Å². The van der Waals surface area contributed by atoms with E-state index < -0.39 is 22.2 Å². The van der Waals surface area contributed by atoms with Crippen LogP contribution in [0, 0.1) is 0 Å². The monoisotopic (exact) mass is 540 g/mol. The highest BCUT2D eigenvalue weighted by Crippen LogP contribution is 2.33. The lowest BCUT2D eigenvalue weighted by atomic mass is 10.1. The van der Waals surface area contributed by atoms with Gasteiger partial charge in [0.2, 0.25) is 0 Å². The van der Waals surface area contributed by atoms with E-state index in [1.165, 1.54) is 34.6 Å². The third-order valence-electron chi connectivity index (χ3n) is 5.19.